The highest BCUT2D eigenvalue weighted by molar-refractivity contribution is 7.89. The quantitative estimate of drug-likeness (QED) is 0.706. The van der Waals surface area contributed by atoms with Gasteiger partial charge in [0, 0.05) is 30.7 Å². The molecule has 6 nitrogen and oxygen atoms in total. The maximum Gasteiger partial charge on any atom is 0.277 e. The molecule has 1 saturated carbocycles. The fourth-order valence-corrected chi connectivity index (χ4v) is 6.65. The van der Waals surface area contributed by atoms with Crippen molar-refractivity contribution in [2.45, 2.75) is 30.4 Å². The minimum absolute atomic E-state index is 0.0906. The summed E-state index contributed by atoms with van der Waals surface area (Å²) in [6.45, 7) is 2.13. The molecule has 1 aromatic carbocycles. The molecule has 2 bridgehead atoms. The van der Waals surface area contributed by atoms with E-state index in [1.54, 1.807) is 22.1 Å². The smallest absolute Gasteiger partial charge is 0.277 e. The predicted octanol–water partition coefficient (Wildman–Crippen LogP) is 2.92. The molecule has 26 heavy (non-hydrogen) atoms. The molecule has 2 aromatic heterocycles. The molecule has 1 aliphatic carbocycles. The monoisotopic (exact) mass is 375 g/mol. The van der Waals surface area contributed by atoms with Crippen molar-refractivity contribution in [1.29, 1.82) is 0 Å². The second kappa shape index (κ2) is 4.95. The molecule has 136 valence electrons. The van der Waals surface area contributed by atoms with E-state index in [4.69, 9.17) is 4.42 Å². The second-order valence-electron chi connectivity index (χ2n) is 7.34. The van der Waals surface area contributed by atoms with Crippen LogP contribution in [-0.2, 0) is 22.6 Å². The number of nitrogens with zero attached hydrogens (tertiary/aromatic N) is 3. The fraction of sp³-hybridized carbons (Fsp3) is 0.389. The number of benzene rings is 1. The molecule has 0 atom stereocenters. The third kappa shape index (κ3) is 1.88. The Labute approximate surface area is 150 Å². The summed E-state index contributed by atoms with van der Waals surface area (Å²) in [7, 11) is -2.02. The molecule has 0 amide bonds. The number of furan rings is 1. The molecule has 3 aromatic rings. The van der Waals surface area contributed by atoms with Gasteiger partial charge < -0.3 is 4.42 Å². The van der Waals surface area contributed by atoms with E-state index < -0.39 is 21.4 Å². The molecule has 0 unspecified atom stereocenters. The molecule has 0 radical (unpaired) electrons. The van der Waals surface area contributed by atoms with Crippen LogP contribution >= 0.6 is 0 Å². The maximum atomic E-state index is 13.6. The highest BCUT2D eigenvalue weighted by Gasteiger charge is 2.63. The largest absolute Gasteiger partial charge is 0.443 e. The predicted molar refractivity (Wildman–Crippen MR) is 92.4 cm³/mol. The molecule has 4 heterocycles. The van der Waals surface area contributed by atoms with Crippen molar-refractivity contribution < 1.29 is 17.2 Å². The molecular weight excluding hydrogens is 357 g/mol. The Morgan fingerprint density at radius 2 is 2.08 bits per heavy atom. The van der Waals surface area contributed by atoms with Crippen LogP contribution < -0.4 is 0 Å². The van der Waals surface area contributed by atoms with Gasteiger partial charge in [0.25, 0.3) is 10.0 Å². The average Bonchev–Trinajstić information content (AvgIpc) is 3.29. The molecule has 8 heteroatoms. The van der Waals surface area contributed by atoms with Crippen LogP contribution in [0.15, 0.2) is 40.0 Å². The van der Waals surface area contributed by atoms with Crippen molar-refractivity contribution >= 4 is 21.0 Å². The number of fused-ring (bicyclic) bond motifs is 2. The van der Waals surface area contributed by atoms with Gasteiger partial charge in [-0.05, 0) is 49.9 Å². The lowest BCUT2D eigenvalue weighted by Gasteiger charge is -2.41. The van der Waals surface area contributed by atoms with Crippen molar-refractivity contribution in [1.82, 2.24) is 14.1 Å². The van der Waals surface area contributed by atoms with Crippen molar-refractivity contribution in [2.75, 3.05) is 6.54 Å². The van der Waals surface area contributed by atoms with E-state index in [1.807, 2.05) is 13.1 Å². The number of hydrogen-bond acceptors (Lipinski definition) is 4. The first-order valence-electron chi connectivity index (χ1n) is 8.53. The Balaban J connectivity index is 1.66. The van der Waals surface area contributed by atoms with Gasteiger partial charge in [-0.2, -0.15) is 9.40 Å². The molecule has 3 aliphatic rings. The first kappa shape index (κ1) is 16.0. The van der Waals surface area contributed by atoms with Crippen molar-refractivity contribution in [2.24, 2.45) is 13.0 Å². The third-order valence-electron chi connectivity index (χ3n) is 5.83. The topological polar surface area (TPSA) is 68.3 Å². The summed E-state index contributed by atoms with van der Waals surface area (Å²) in [4.78, 5) is 0. The standard InChI is InChI=1S/C18H18FN3O3S/c1-11-14-7-13(19)3-4-15(14)25-17(11)26(23,24)22-10-12-8-18(22,9-12)16-5-6-20-21(16)2/h3-7,12H,8-10H2,1-2H3. The molecule has 3 fully saturated rings. The molecule has 2 saturated heterocycles. The van der Waals surface area contributed by atoms with Crippen LogP contribution in [-0.4, -0.2) is 29.0 Å². The summed E-state index contributed by atoms with van der Waals surface area (Å²) in [6.07, 6.45) is 3.27. The molecule has 0 spiro atoms. The summed E-state index contributed by atoms with van der Waals surface area (Å²) in [6, 6.07) is 5.93. The summed E-state index contributed by atoms with van der Waals surface area (Å²) in [5, 5.41) is 4.61. The Hall–Kier alpha value is -2.19. The number of hydrogen-bond donors (Lipinski definition) is 0. The zero-order chi connectivity index (χ0) is 18.3. The Morgan fingerprint density at radius 1 is 1.31 bits per heavy atom. The zero-order valence-corrected chi connectivity index (χ0v) is 15.3. The first-order valence-corrected chi connectivity index (χ1v) is 9.97. The first-order chi connectivity index (χ1) is 12.3. The highest BCUT2D eigenvalue weighted by Crippen LogP contribution is 2.58. The lowest BCUT2D eigenvalue weighted by Crippen LogP contribution is -2.46. The Bertz CT molecular complexity index is 1140. The van der Waals surface area contributed by atoms with Crippen LogP contribution in [0.3, 0.4) is 0 Å². The van der Waals surface area contributed by atoms with Crippen LogP contribution in [0, 0.1) is 18.7 Å². The highest BCUT2D eigenvalue weighted by atomic mass is 32.2. The van der Waals surface area contributed by atoms with Crippen LogP contribution in [0.4, 0.5) is 4.39 Å². The summed E-state index contributed by atoms with van der Waals surface area (Å²) in [5.74, 6) is -0.0677. The van der Waals surface area contributed by atoms with Gasteiger partial charge in [0.05, 0.1) is 11.2 Å². The van der Waals surface area contributed by atoms with E-state index in [2.05, 4.69) is 5.10 Å². The average molecular weight is 375 g/mol. The second-order valence-corrected chi connectivity index (χ2v) is 9.10. The normalized spacial score (nSPS) is 25.7. The van der Waals surface area contributed by atoms with Gasteiger partial charge in [0.2, 0.25) is 5.09 Å². The lowest BCUT2D eigenvalue weighted by atomic mass is 9.71. The number of halogens is 1. The summed E-state index contributed by atoms with van der Waals surface area (Å²) >= 11 is 0. The van der Waals surface area contributed by atoms with Crippen molar-refractivity contribution in [3.63, 3.8) is 0 Å². The third-order valence-corrected chi connectivity index (χ3v) is 7.77. The zero-order valence-electron chi connectivity index (χ0n) is 14.4. The SMILES string of the molecule is Cc1c(S(=O)(=O)N2CC3CC2(c2ccnn2C)C3)oc2ccc(F)cc12. The van der Waals surface area contributed by atoms with Crippen molar-refractivity contribution in [3.05, 3.63) is 47.5 Å². The van der Waals surface area contributed by atoms with E-state index in [9.17, 15) is 12.8 Å². The Kier molecular flexibility index (Phi) is 3.05. The van der Waals surface area contributed by atoms with Crippen LogP contribution in [0.2, 0.25) is 0 Å². The number of sulfonamides is 1. The van der Waals surface area contributed by atoms with Crippen LogP contribution in [0.1, 0.15) is 24.1 Å². The van der Waals surface area contributed by atoms with E-state index in [0.717, 1.165) is 18.5 Å². The van der Waals surface area contributed by atoms with E-state index >= 15 is 0 Å². The van der Waals surface area contributed by atoms with Crippen LogP contribution in [0.5, 0.6) is 0 Å². The molecule has 2 aliphatic heterocycles. The van der Waals surface area contributed by atoms with Gasteiger partial charge in [-0.15, -0.1) is 0 Å². The minimum atomic E-state index is -3.85. The lowest BCUT2D eigenvalue weighted by molar-refractivity contribution is 0.156. The van der Waals surface area contributed by atoms with Gasteiger partial charge in [-0.1, -0.05) is 0 Å². The van der Waals surface area contributed by atoms with E-state index in [0.29, 0.717) is 29.0 Å². The number of aromatic nitrogens is 2. The van der Waals surface area contributed by atoms with Crippen molar-refractivity contribution in [3.8, 4) is 0 Å². The van der Waals surface area contributed by atoms with E-state index in [1.165, 1.54) is 18.2 Å². The maximum absolute atomic E-state index is 13.6. The summed E-state index contributed by atoms with van der Waals surface area (Å²) < 4.78 is 49.5. The number of aryl methyl sites for hydroxylation is 2. The van der Waals surface area contributed by atoms with Gasteiger partial charge in [-0.25, -0.2) is 12.8 Å². The van der Waals surface area contributed by atoms with E-state index in [-0.39, 0.29) is 5.09 Å². The summed E-state index contributed by atoms with van der Waals surface area (Å²) in [5.41, 5.74) is 1.16. The van der Waals surface area contributed by atoms with Crippen LogP contribution in [0.25, 0.3) is 11.0 Å². The Morgan fingerprint density at radius 3 is 2.77 bits per heavy atom. The van der Waals surface area contributed by atoms with Gasteiger partial charge in [-0.3, -0.25) is 4.68 Å². The minimum Gasteiger partial charge on any atom is -0.443 e. The van der Waals surface area contributed by atoms with Gasteiger partial charge >= 0.3 is 0 Å². The molecule has 6 rings (SSSR count). The number of rotatable bonds is 3. The molecular formula is C18H18FN3O3S. The molecule has 0 N–H and O–H groups in total. The fourth-order valence-electron chi connectivity index (χ4n) is 4.65. The van der Waals surface area contributed by atoms with Gasteiger partial charge in [0.15, 0.2) is 0 Å². The van der Waals surface area contributed by atoms with Gasteiger partial charge in [0.1, 0.15) is 11.4 Å².